The van der Waals surface area contributed by atoms with Crippen molar-refractivity contribution in [3.8, 4) is 0 Å². The second-order valence-electron chi connectivity index (χ2n) is 4.17. The number of ether oxygens (including phenoxy) is 2. The van der Waals surface area contributed by atoms with Crippen molar-refractivity contribution in [3.63, 3.8) is 0 Å². The largest absolute Gasteiger partial charge is 0.481 e. The van der Waals surface area contributed by atoms with Crippen molar-refractivity contribution < 1.29 is 38.9 Å². The highest BCUT2D eigenvalue weighted by Crippen LogP contribution is 1.95. The van der Waals surface area contributed by atoms with Crippen LogP contribution in [0.1, 0.15) is 52.4 Å². The molecule has 0 spiro atoms. The van der Waals surface area contributed by atoms with Crippen LogP contribution in [-0.4, -0.2) is 47.3 Å². The summed E-state index contributed by atoms with van der Waals surface area (Å²) < 4.78 is 9.22. The molecular formula is C14H24O8. The maximum atomic E-state index is 10.7. The van der Waals surface area contributed by atoms with Gasteiger partial charge in [0.05, 0.1) is 38.9 Å². The third-order valence-corrected chi connectivity index (χ3v) is 2.15. The van der Waals surface area contributed by atoms with Crippen LogP contribution in [-0.2, 0) is 28.7 Å². The van der Waals surface area contributed by atoms with Crippen LogP contribution in [0, 0.1) is 0 Å². The molecule has 0 aromatic heterocycles. The maximum absolute atomic E-state index is 10.7. The molecule has 0 saturated carbocycles. The molecule has 0 amide bonds. The van der Waals surface area contributed by atoms with Crippen LogP contribution in [0.3, 0.4) is 0 Å². The minimum Gasteiger partial charge on any atom is -0.481 e. The van der Waals surface area contributed by atoms with E-state index in [1.54, 1.807) is 6.92 Å². The predicted molar refractivity (Wildman–Crippen MR) is 76.2 cm³/mol. The fourth-order valence-electron chi connectivity index (χ4n) is 1.05. The van der Waals surface area contributed by atoms with E-state index in [0.29, 0.717) is 13.2 Å². The van der Waals surface area contributed by atoms with Crippen molar-refractivity contribution in [3.05, 3.63) is 0 Å². The standard InChI is InChI=1S/C8H14O4.C6H10O4/c1-2-3-6-12-8(11)5-4-7(9)10;1-2-10-6(9)4-3-5(7)8/h2-6H2,1H3,(H,9,10);2-4H2,1H3,(H,7,8). The van der Waals surface area contributed by atoms with Crippen molar-refractivity contribution in [2.75, 3.05) is 13.2 Å². The molecule has 0 aliphatic rings. The highest BCUT2D eigenvalue weighted by atomic mass is 16.5. The highest BCUT2D eigenvalue weighted by Gasteiger charge is 2.05. The van der Waals surface area contributed by atoms with E-state index in [1.807, 2.05) is 6.92 Å². The highest BCUT2D eigenvalue weighted by molar-refractivity contribution is 5.76. The van der Waals surface area contributed by atoms with Crippen LogP contribution < -0.4 is 0 Å². The first-order valence-corrected chi connectivity index (χ1v) is 7.08. The lowest BCUT2D eigenvalue weighted by atomic mass is 10.3. The molecule has 0 aliphatic heterocycles. The lowest BCUT2D eigenvalue weighted by molar-refractivity contribution is -0.147. The van der Waals surface area contributed by atoms with Gasteiger partial charge in [-0.15, -0.1) is 0 Å². The van der Waals surface area contributed by atoms with Gasteiger partial charge in [-0.05, 0) is 13.3 Å². The van der Waals surface area contributed by atoms with Gasteiger partial charge >= 0.3 is 23.9 Å². The zero-order valence-corrected chi connectivity index (χ0v) is 13.0. The molecule has 22 heavy (non-hydrogen) atoms. The van der Waals surface area contributed by atoms with E-state index in [4.69, 9.17) is 14.9 Å². The minimum atomic E-state index is -0.979. The van der Waals surface area contributed by atoms with Crippen molar-refractivity contribution in [2.24, 2.45) is 0 Å². The first kappa shape index (κ1) is 22.2. The molecule has 8 heteroatoms. The summed E-state index contributed by atoms with van der Waals surface area (Å²) in [7, 11) is 0. The second-order valence-corrected chi connectivity index (χ2v) is 4.17. The number of hydrogen-bond donors (Lipinski definition) is 2. The fraction of sp³-hybridized carbons (Fsp3) is 0.714. The van der Waals surface area contributed by atoms with E-state index in [-0.39, 0.29) is 25.7 Å². The average molecular weight is 320 g/mol. The zero-order chi connectivity index (χ0) is 17.4. The molecule has 128 valence electrons. The van der Waals surface area contributed by atoms with Gasteiger partial charge < -0.3 is 19.7 Å². The number of aliphatic carboxylic acids is 2. The van der Waals surface area contributed by atoms with Crippen molar-refractivity contribution in [1.29, 1.82) is 0 Å². The average Bonchev–Trinajstić information content (AvgIpc) is 2.44. The van der Waals surface area contributed by atoms with E-state index in [1.165, 1.54) is 0 Å². The molecule has 0 aromatic carbocycles. The molecule has 0 bridgehead atoms. The summed E-state index contributed by atoms with van der Waals surface area (Å²) in [4.78, 5) is 41.1. The van der Waals surface area contributed by atoms with E-state index >= 15 is 0 Å². The lowest BCUT2D eigenvalue weighted by Crippen LogP contribution is -2.08. The van der Waals surface area contributed by atoms with Gasteiger partial charge in [-0.1, -0.05) is 13.3 Å². The summed E-state index contributed by atoms with van der Waals surface area (Å²) in [5, 5.41) is 16.3. The quantitative estimate of drug-likeness (QED) is 0.459. The van der Waals surface area contributed by atoms with Gasteiger partial charge in [-0.3, -0.25) is 19.2 Å². The van der Waals surface area contributed by atoms with Crippen LogP contribution in [0.25, 0.3) is 0 Å². The molecule has 8 nitrogen and oxygen atoms in total. The zero-order valence-electron chi connectivity index (χ0n) is 13.0. The van der Waals surface area contributed by atoms with Crippen molar-refractivity contribution >= 4 is 23.9 Å². The number of carbonyl (C=O) groups is 4. The Bertz CT molecular complexity index is 351. The Morgan fingerprint density at radius 2 is 1.23 bits per heavy atom. The van der Waals surface area contributed by atoms with E-state index in [2.05, 4.69) is 4.74 Å². The topological polar surface area (TPSA) is 127 Å². The Morgan fingerprint density at radius 3 is 1.59 bits per heavy atom. The summed E-state index contributed by atoms with van der Waals surface area (Å²) in [5.41, 5.74) is 0. The van der Waals surface area contributed by atoms with Crippen LogP contribution in [0.15, 0.2) is 0 Å². The Balaban J connectivity index is 0. The normalized spacial score (nSPS) is 9.18. The third-order valence-electron chi connectivity index (χ3n) is 2.15. The van der Waals surface area contributed by atoms with Gasteiger partial charge in [-0.25, -0.2) is 0 Å². The fourth-order valence-corrected chi connectivity index (χ4v) is 1.05. The Morgan fingerprint density at radius 1 is 0.773 bits per heavy atom. The summed E-state index contributed by atoms with van der Waals surface area (Å²) in [6, 6.07) is 0. The Labute approximate surface area is 129 Å². The molecule has 0 radical (unpaired) electrons. The third kappa shape index (κ3) is 20.2. The minimum absolute atomic E-state index is 0.0287. The molecule has 2 N–H and O–H groups in total. The molecule has 0 aromatic rings. The van der Waals surface area contributed by atoms with Gasteiger partial charge in [0, 0.05) is 0 Å². The first-order chi connectivity index (χ1) is 10.3. The molecular weight excluding hydrogens is 296 g/mol. The van der Waals surface area contributed by atoms with Crippen LogP contribution >= 0.6 is 0 Å². The van der Waals surface area contributed by atoms with Gasteiger partial charge in [0.2, 0.25) is 0 Å². The van der Waals surface area contributed by atoms with Crippen molar-refractivity contribution in [1.82, 2.24) is 0 Å². The van der Waals surface area contributed by atoms with Crippen LogP contribution in [0.5, 0.6) is 0 Å². The van der Waals surface area contributed by atoms with Gasteiger partial charge in [0.15, 0.2) is 0 Å². The molecule has 0 rings (SSSR count). The van der Waals surface area contributed by atoms with Crippen LogP contribution in [0.2, 0.25) is 0 Å². The van der Waals surface area contributed by atoms with Gasteiger partial charge in [0.25, 0.3) is 0 Å². The molecule has 0 aliphatic carbocycles. The molecule has 0 unspecified atom stereocenters. The summed E-state index contributed by atoms with van der Waals surface area (Å²) in [6.45, 7) is 4.37. The predicted octanol–water partition coefficient (Wildman–Crippen LogP) is 1.61. The number of carboxylic acid groups (broad SMARTS) is 2. The number of carboxylic acids is 2. The number of hydrogen-bond acceptors (Lipinski definition) is 6. The number of carbonyl (C=O) groups excluding carboxylic acids is 2. The number of unbranched alkanes of at least 4 members (excludes halogenated alkanes) is 1. The number of rotatable bonds is 10. The number of esters is 2. The maximum Gasteiger partial charge on any atom is 0.306 e. The Hall–Kier alpha value is -2.12. The summed E-state index contributed by atoms with van der Waals surface area (Å²) >= 11 is 0. The summed E-state index contributed by atoms with van der Waals surface area (Å²) in [5.74, 6) is -2.83. The second kappa shape index (κ2) is 15.3. The van der Waals surface area contributed by atoms with Gasteiger partial charge in [-0.2, -0.15) is 0 Å². The van der Waals surface area contributed by atoms with Gasteiger partial charge in [0.1, 0.15) is 0 Å². The molecule has 0 atom stereocenters. The Kier molecular flexibility index (Phi) is 15.4. The monoisotopic (exact) mass is 320 g/mol. The van der Waals surface area contributed by atoms with Crippen LogP contribution in [0.4, 0.5) is 0 Å². The molecule has 0 saturated heterocycles. The lowest BCUT2D eigenvalue weighted by Gasteiger charge is -2.01. The van der Waals surface area contributed by atoms with E-state index in [0.717, 1.165) is 12.8 Å². The summed E-state index contributed by atoms with van der Waals surface area (Å²) in [6.07, 6.45) is 1.43. The van der Waals surface area contributed by atoms with E-state index < -0.39 is 23.9 Å². The SMILES string of the molecule is CCCCOC(=O)CCC(=O)O.CCOC(=O)CCC(=O)O. The van der Waals surface area contributed by atoms with E-state index in [9.17, 15) is 19.2 Å². The first-order valence-electron chi connectivity index (χ1n) is 7.08. The molecule has 0 fully saturated rings. The smallest absolute Gasteiger partial charge is 0.306 e. The molecule has 0 heterocycles. The van der Waals surface area contributed by atoms with Crippen molar-refractivity contribution in [2.45, 2.75) is 52.4 Å².